The average Bonchev–Trinajstić information content (AvgIpc) is 2.67. The summed E-state index contributed by atoms with van der Waals surface area (Å²) in [5.41, 5.74) is 7.42. The van der Waals surface area contributed by atoms with Gasteiger partial charge in [-0.2, -0.15) is 13.2 Å². The molecule has 2 nitrogen and oxygen atoms in total. The lowest BCUT2D eigenvalue weighted by molar-refractivity contribution is -0.136. The molecule has 0 aliphatic rings. The average molecular weight is 321 g/mol. The number of aromatic amines is 1. The number of nitrogens with two attached hydrogens (primary N) is 1. The molecule has 0 saturated carbocycles. The fourth-order valence-electron chi connectivity index (χ4n) is 1.90. The van der Waals surface area contributed by atoms with Crippen LogP contribution in [-0.2, 0) is 0 Å². The minimum Gasteiger partial charge on any atom is -0.361 e. The van der Waals surface area contributed by atoms with Crippen molar-refractivity contribution < 1.29 is 13.2 Å². The first-order valence-corrected chi connectivity index (χ1v) is 6.25. The SMILES string of the molecule is N[C@@H](CCC(F)(F)F)c1c[nH]c2ccc(Br)cc12. The van der Waals surface area contributed by atoms with Gasteiger partial charge in [-0.3, -0.25) is 0 Å². The number of fused-ring (bicyclic) bond motifs is 1. The molecule has 0 spiro atoms. The zero-order valence-corrected chi connectivity index (χ0v) is 11.0. The molecule has 1 aromatic carbocycles. The Morgan fingerprint density at radius 1 is 1.33 bits per heavy atom. The van der Waals surface area contributed by atoms with Gasteiger partial charge in [-0.05, 0) is 30.2 Å². The summed E-state index contributed by atoms with van der Waals surface area (Å²) in [6, 6.07) is 4.97. The Balaban J connectivity index is 2.22. The van der Waals surface area contributed by atoms with Crippen molar-refractivity contribution in [2.75, 3.05) is 0 Å². The van der Waals surface area contributed by atoms with Crippen LogP contribution >= 0.6 is 15.9 Å². The van der Waals surface area contributed by atoms with Crippen LogP contribution in [0.2, 0.25) is 0 Å². The molecule has 3 N–H and O–H groups in total. The number of alkyl halides is 3. The summed E-state index contributed by atoms with van der Waals surface area (Å²) in [6.45, 7) is 0. The van der Waals surface area contributed by atoms with Gasteiger partial charge in [0.25, 0.3) is 0 Å². The summed E-state index contributed by atoms with van der Waals surface area (Å²) in [5, 5.41) is 0.860. The Morgan fingerprint density at radius 3 is 2.72 bits per heavy atom. The third-order valence-corrected chi connectivity index (χ3v) is 3.31. The van der Waals surface area contributed by atoms with E-state index in [0.29, 0.717) is 0 Å². The highest BCUT2D eigenvalue weighted by atomic mass is 79.9. The monoisotopic (exact) mass is 320 g/mol. The van der Waals surface area contributed by atoms with E-state index < -0.39 is 18.6 Å². The summed E-state index contributed by atoms with van der Waals surface area (Å²) >= 11 is 3.34. The summed E-state index contributed by atoms with van der Waals surface area (Å²) in [7, 11) is 0. The van der Waals surface area contributed by atoms with Crippen molar-refractivity contribution in [3.05, 3.63) is 34.4 Å². The molecule has 0 aliphatic heterocycles. The first-order valence-electron chi connectivity index (χ1n) is 5.46. The van der Waals surface area contributed by atoms with Gasteiger partial charge in [-0.25, -0.2) is 0 Å². The lowest BCUT2D eigenvalue weighted by Crippen LogP contribution is -2.15. The van der Waals surface area contributed by atoms with Crippen molar-refractivity contribution in [2.24, 2.45) is 5.73 Å². The Hall–Kier alpha value is -1.01. The lowest BCUT2D eigenvalue weighted by atomic mass is 10.0. The molecule has 2 aromatic rings. The van der Waals surface area contributed by atoms with Crippen LogP contribution in [0.3, 0.4) is 0 Å². The maximum atomic E-state index is 12.2. The van der Waals surface area contributed by atoms with Gasteiger partial charge >= 0.3 is 6.18 Å². The molecular formula is C12H12BrF3N2. The van der Waals surface area contributed by atoms with Crippen LogP contribution in [0.1, 0.15) is 24.4 Å². The van der Waals surface area contributed by atoms with Crippen molar-refractivity contribution >= 4 is 26.8 Å². The number of rotatable bonds is 3. The van der Waals surface area contributed by atoms with Gasteiger partial charge in [-0.1, -0.05) is 15.9 Å². The predicted octanol–water partition coefficient (Wildman–Crippen LogP) is 4.27. The second kappa shape index (κ2) is 4.93. The van der Waals surface area contributed by atoms with Crippen LogP contribution in [0.5, 0.6) is 0 Å². The van der Waals surface area contributed by atoms with Gasteiger partial charge in [-0.15, -0.1) is 0 Å². The van der Waals surface area contributed by atoms with Gasteiger partial charge < -0.3 is 10.7 Å². The molecule has 1 heterocycles. The summed E-state index contributed by atoms with van der Waals surface area (Å²) < 4.78 is 37.4. The van der Waals surface area contributed by atoms with Crippen LogP contribution in [0, 0.1) is 0 Å². The van der Waals surface area contributed by atoms with Gasteiger partial charge in [0.1, 0.15) is 0 Å². The van der Waals surface area contributed by atoms with E-state index >= 15 is 0 Å². The van der Waals surface area contributed by atoms with Gasteiger partial charge in [0.05, 0.1) is 0 Å². The third kappa shape index (κ3) is 3.05. The molecule has 0 amide bonds. The fourth-order valence-corrected chi connectivity index (χ4v) is 2.26. The van der Waals surface area contributed by atoms with E-state index in [1.54, 1.807) is 6.20 Å². The third-order valence-electron chi connectivity index (χ3n) is 2.81. The summed E-state index contributed by atoms with van der Waals surface area (Å²) in [5.74, 6) is 0. The topological polar surface area (TPSA) is 41.8 Å². The number of aromatic nitrogens is 1. The predicted molar refractivity (Wildman–Crippen MR) is 68.2 cm³/mol. The van der Waals surface area contributed by atoms with Crippen molar-refractivity contribution in [3.8, 4) is 0 Å². The number of hydrogen-bond donors (Lipinski definition) is 2. The van der Waals surface area contributed by atoms with Crippen molar-refractivity contribution in [3.63, 3.8) is 0 Å². The molecule has 98 valence electrons. The zero-order valence-electron chi connectivity index (χ0n) is 9.39. The molecule has 1 aromatic heterocycles. The molecule has 0 fully saturated rings. The van der Waals surface area contributed by atoms with E-state index in [2.05, 4.69) is 20.9 Å². The largest absolute Gasteiger partial charge is 0.389 e. The van der Waals surface area contributed by atoms with E-state index in [4.69, 9.17) is 5.73 Å². The molecular weight excluding hydrogens is 309 g/mol. The van der Waals surface area contributed by atoms with E-state index in [0.717, 1.165) is 20.9 Å². The number of halogens is 4. The van der Waals surface area contributed by atoms with Gasteiger partial charge in [0.2, 0.25) is 0 Å². The second-order valence-corrected chi connectivity index (χ2v) is 5.11. The molecule has 0 aliphatic carbocycles. The quantitative estimate of drug-likeness (QED) is 0.871. The minimum absolute atomic E-state index is 0.108. The van der Waals surface area contributed by atoms with Crippen LogP contribution in [-0.4, -0.2) is 11.2 Å². The highest BCUT2D eigenvalue weighted by molar-refractivity contribution is 9.10. The molecule has 6 heteroatoms. The fraction of sp³-hybridized carbons (Fsp3) is 0.333. The summed E-state index contributed by atoms with van der Waals surface area (Å²) in [6.07, 6.45) is -3.46. The maximum absolute atomic E-state index is 12.2. The highest BCUT2D eigenvalue weighted by Crippen LogP contribution is 2.31. The van der Waals surface area contributed by atoms with Crippen LogP contribution in [0.4, 0.5) is 13.2 Å². The molecule has 0 unspecified atom stereocenters. The van der Waals surface area contributed by atoms with E-state index in [9.17, 15) is 13.2 Å². The van der Waals surface area contributed by atoms with Gasteiger partial charge in [0, 0.05) is 34.0 Å². The first-order chi connectivity index (χ1) is 8.37. The van der Waals surface area contributed by atoms with Crippen LogP contribution in [0.15, 0.2) is 28.9 Å². The minimum atomic E-state index is -4.16. The number of benzene rings is 1. The second-order valence-electron chi connectivity index (χ2n) is 4.19. The summed E-state index contributed by atoms with van der Waals surface area (Å²) in [4.78, 5) is 3.01. The zero-order chi connectivity index (χ0) is 13.3. The molecule has 0 bridgehead atoms. The molecule has 0 saturated heterocycles. The number of nitrogens with one attached hydrogen (secondary N) is 1. The first kappa shape index (κ1) is 13.4. The van der Waals surface area contributed by atoms with Gasteiger partial charge in [0.15, 0.2) is 0 Å². The van der Waals surface area contributed by atoms with E-state index in [1.807, 2.05) is 18.2 Å². The number of hydrogen-bond acceptors (Lipinski definition) is 1. The van der Waals surface area contributed by atoms with Crippen molar-refractivity contribution in [1.29, 1.82) is 0 Å². The maximum Gasteiger partial charge on any atom is 0.389 e. The van der Waals surface area contributed by atoms with Crippen LogP contribution < -0.4 is 5.73 Å². The van der Waals surface area contributed by atoms with Crippen LogP contribution in [0.25, 0.3) is 10.9 Å². The van der Waals surface area contributed by atoms with Crippen molar-refractivity contribution in [2.45, 2.75) is 25.1 Å². The smallest absolute Gasteiger partial charge is 0.361 e. The molecule has 0 radical (unpaired) electrons. The Labute approximate surface area is 110 Å². The lowest BCUT2D eigenvalue weighted by Gasteiger charge is -2.12. The Kier molecular flexibility index (Phi) is 3.68. The number of H-pyrrole nitrogens is 1. The Bertz CT molecular complexity index is 548. The standard InChI is InChI=1S/C12H12BrF3N2/c13-7-1-2-11-8(5-7)9(6-18-11)10(17)3-4-12(14,15)16/h1-2,5-6,10,18H,3-4,17H2/t10-/m0/s1. The van der Waals surface area contributed by atoms with E-state index in [-0.39, 0.29) is 6.42 Å². The molecule has 1 atom stereocenters. The van der Waals surface area contributed by atoms with Crippen molar-refractivity contribution in [1.82, 2.24) is 4.98 Å². The molecule has 18 heavy (non-hydrogen) atoms. The Morgan fingerprint density at radius 2 is 2.06 bits per heavy atom. The highest BCUT2D eigenvalue weighted by Gasteiger charge is 2.28. The normalized spacial score (nSPS) is 14.1. The van der Waals surface area contributed by atoms with E-state index in [1.165, 1.54) is 0 Å². The molecule has 2 rings (SSSR count).